The van der Waals surface area contributed by atoms with Gasteiger partial charge in [-0.1, -0.05) is 36.8 Å². The summed E-state index contributed by atoms with van der Waals surface area (Å²) in [5.41, 5.74) is 4.37. The molecule has 1 fully saturated rings. The average molecular weight is 536 g/mol. The van der Waals surface area contributed by atoms with Crippen molar-refractivity contribution in [2.75, 3.05) is 19.6 Å². The van der Waals surface area contributed by atoms with Crippen LogP contribution in [-0.4, -0.2) is 44.1 Å². The molecule has 5 heterocycles. The first-order valence-corrected chi connectivity index (χ1v) is 14.4. The number of imidazole rings is 1. The molecular weight excluding hydrogens is 506 g/mol. The first kappa shape index (κ1) is 24.1. The van der Waals surface area contributed by atoms with Crippen molar-refractivity contribution in [2.45, 2.75) is 32.2 Å². The van der Waals surface area contributed by atoms with Gasteiger partial charge in [-0.3, -0.25) is 4.79 Å². The molecular formula is C31H29N5O2S. The van der Waals surface area contributed by atoms with E-state index in [0.717, 1.165) is 63.0 Å². The Morgan fingerprint density at radius 1 is 0.872 bits per heavy atom. The van der Waals surface area contributed by atoms with Gasteiger partial charge in [0.05, 0.1) is 38.1 Å². The molecule has 0 bridgehead atoms. The summed E-state index contributed by atoms with van der Waals surface area (Å²) in [6, 6.07) is 21.8. The Kier molecular flexibility index (Phi) is 6.34. The molecule has 2 aromatic carbocycles. The van der Waals surface area contributed by atoms with Crippen LogP contribution in [0.4, 0.5) is 0 Å². The van der Waals surface area contributed by atoms with Crippen LogP contribution in [0.2, 0.25) is 0 Å². The van der Waals surface area contributed by atoms with Crippen LogP contribution in [0.5, 0.6) is 0 Å². The van der Waals surface area contributed by atoms with Crippen LogP contribution in [0.15, 0.2) is 82.2 Å². The second-order valence-corrected chi connectivity index (χ2v) is 11.2. The lowest BCUT2D eigenvalue weighted by Gasteiger charge is -2.26. The Hall–Kier alpha value is -4.01. The molecule has 1 aliphatic rings. The number of nitrogens with zero attached hydrogens (tertiary/aromatic N) is 4. The van der Waals surface area contributed by atoms with Crippen LogP contribution in [0.1, 0.15) is 25.7 Å². The lowest BCUT2D eigenvalue weighted by Crippen LogP contribution is -2.31. The van der Waals surface area contributed by atoms with Crippen molar-refractivity contribution in [1.82, 2.24) is 24.4 Å². The van der Waals surface area contributed by atoms with Gasteiger partial charge in [-0.15, -0.1) is 11.3 Å². The van der Waals surface area contributed by atoms with E-state index in [1.807, 2.05) is 48.5 Å². The van der Waals surface area contributed by atoms with Crippen molar-refractivity contribution >= 4 is 33.4 Å². The third-order valence-electron chi connectivity index (χ3n) is 7.50. The summed E-state index contributed by atoms with van der Waals surface area (Å²) in [5, 5.41) is 0. The molecule has 1 saturated heterocycles. The average Bonchev–Trinajstić information content (AvgIpc) is 3.73. The third kappa shape index (κ3) is 4.70. The van der Waals surface area contributed by atoms with Crippen molar-refractivity contribution < 1.29 is 4.42 Å². The van der Waals surface area contributed by atoms with E-state index < -0.39 is 0 Å². The molecule has 7 rings (SSSR count). The standard InChI is InChI=1S/C31H29N5O2S/c37-31-29(21-9-3-1-4-10-21)32-23-20-25-24(19-22(23)34-31)33-30(28-13-12-27(39-28)26-11-7-18-38-26)36(25)17-8-16-35-14-5-2-6-15-35/h1,3-4,7,9-13,18-20H,2,5-6,8,14-17H2,(H,34,37). The van der Waals surface area contributed by atoms with Gasteiger partial charge in [-0.25, -0.2) is 9.97 Å². The van der Waals surface area contributed by atoms with Gasteiger partial charge in [-0.05, 0) is 75.3 Å². The van der Waals surface area contributed by atoms with Crippen molar-refractivity contribution in [2.24, 2.45) is 0 Å². The Balaban J connectivity index is 1.32. The van der Waals surface area contributed by atoms with E-state index in [1.165, 1.54) is 32.4 Å². The van der Waals surface area contributed by atoms with Gasteiger partial charge >= 0.3 is 0 Å². The molecule has 0 saturated carbocycles. The van der Waals surface area contributed by atoms with Crippen LogP contribution in [-0.2, 0) is 6.54 Å². The van der Waals surface area contributed by atoms with Crippen LogP contribution in [0, 0.1) is 0 Å². The SMILES string of the molecule is O=c1[nH]c2cc3nc(-c4ccc(-c5ccco5)s4)n(CCCN4CCCCC4)c3cc2nc1-c1ccccc1. The molecule has 1 aliphatic heterocycles. The summed E-state index contributed by atoms with van der Waals surface area (Å²) < 4.78 is 7.96. The number of thiophene rings is 1. The van der Waals surface area contributed by atoms with E-state index in [0.29, 0.717) is 11.2 Å². The van der Waals surface area contributed by atoms with E-state index in [-0.39, 0.29) is 5.56 Å². The highest BCUT2D eigenvalue weighted by Crippen LogP contribution is 2.36. The molecule has 39 heavy (non-hydrogen) atoms. The first-order chi connectivity index (χ1) is 19.2. The summed E-state index contributed by atoms with van der Waals surface area (Å²) in [5.74, 6) is 1.80. The van der Waals surface area contributed by atoms with Gasteiger partial charge in [-0.2, -0.15) is 0 Å². The van der Waals surface area contributed by atoms with E-state index >= 15 is 0 Å². The van der Waals surface area contributed by atoms with Gasteiger partial charge < -0.3 is 18.9 Å². The van der Waals surface area contributed by atoms with E-state index in [1.54, 1.807) is 17.6 Å². The molecule has 6 aromatic rings. The predicted octanol–water partition coefficient (Wildman–Crippen LogP) is 6.80. The molecule has 1 N–H and O–H groups in total. The van der Waals surface area contributed by atoms with Gasteiger partial charge in [0.2, 0.25) is 0 Å². The number of aromatic nitrogens is 4. The van der Waals surface area contributed by atoms with Crippen LogP contribution in [0.3, 0.4) is 0 Å². The molecule has 0 aliphatic carbocycles. The third-order valence-corrected chi connectivity index (χ3v) is 8.60. The zero-order valence-corrected chi connectivity index (χ0v) is 22.4. The molecule has 0 unspecified atom stereocenters. The zero-order valence-electron chi connectivity index (χ0n) is 21.6. The Morgan fingerprint density at radius 3 is 2.54 bits per heavy atom. The fourth-order valence-corrected chi connectivity index (χ4v) is 6.53. The number of fused-ring (bicyclic) bond motifs is 2. The number of benzene rings is 2. The first-order valence-electron chi connectivity index (χ1n) is 13.6. The lowest BCUT2D eigenvalue weighted by molar-refractivity contribution is 0.223. The van der Waals surface area contributed by atoms with E-state index in [2.05, 4.69) is 32.7 Å². The van der Waals surface area contributed by atoms with Crippen LogP contribution in [0.25, 0.3) is 54.7 Å². The topological polar surface area (TPSA) is 80.0 Å². The molecule has 0 amide bonds. The van der Waals surface area contributed by atoms with Crippen molar-refractivity contribution in [1.29, 1.82) is 0 Å². The van der Waals surface area contributed by atoms with Crippen LogP contribution >= 0.6 is 11.3 Å². The number of hydrogen-bond acceptors (Lipinski definition) is 6. The fraction of sp³-hybridized carbons (Fsp3) is 0.258. The highest BCUT2D eigenvalue weighted by molar-refractivity contribution is 7.18. The monoisotopic (exact) mass is 535 g/mol. The number of furan rings is 1. The Morgan fingerprint density at radius 2 is 1.72 bits per heavy atom. The second kappa shape index (κ2) is 10.3. The van der Waals surface area contributed by atoms with Gasteiger partial charge in [0.25, 0.3) is 5.56 Å². The summed E-state index contributed by atoms with van der Waals surface area (Å²) in [6.45, 7) is 4.33. The van der Waals surface area contributed by atoms with Crippen molar-refractivity contribution in [3.05, 3.63) is 83.3 Å². The maximum Gasteiger partial charge on any atom is 0.274 e. The molecule has 0 spiro atoms. The number of hydrogen-bond donors (Lipinski definition) is 1. The highest BCUT2D eigenvalue weighted by Gasteiger charge is 2.18. The molecule has 4 aromatic heterocycles. The molecule has 0 atom stereocenters. The van der Waals surface area contributed by atoms with Gasteiger partial charge in [0.15, 0.2) is 5.82 Å². The summed E-state index contributed by atoms with van der Waals surface area (Å²) in [4.78, 5) is 30.6. The second-order valence-electron chi connectivity index (χ2n) is 10.1. The van der Waals surface area contributed by atoms with Gasteiger partial charge in [0, 0.05) is 12.1 Å². The minimum atomic E-state index is -0.199. The summed E-state index contributed by atoms with van der Waals surface area (Å²) in [6.07, 6.45) is 6.68. The normalized spacial score (nSPS) is 14.5. The summed E-state index contributed by atoms with van der Waals surface area (Å²) >= 11 is 1.68. The Labute approximate surface area is 229 Å². The lowest BCUT2D eigenvalue weighted by atomic mass is 10.1. The number of aryl methyl sites for hydroxylation is 1. The molecule has 0 radical (unpaired) electrons. The number of nitrogens with one attached hydrogen (secondary N) is 1. The maximum absolute atomic E-state index is 12.9. The number of aromatic amines is 1. The molecule has 7 nitrogen and oxygen atoms in total. The van der Waals surface area contributed by atoms with E-state index in [4.69, 9.17) is 14.4 Å². The minimum Gasteiger partial charge on any atom is -0.464 e. The summed E-state index contributed by atoms with van der Waals surface area (Å²) in [7, 11) is 0. The Bertz CT molecular complexity index is 1790. The number of H-pyrrole nitrogens is 1. The highest BCUT2D eigenvalue weighted by atomic mass is 32.1. The molecule has 196 valence electrons. The predicted molar refractivity (Wildman–Crippen MR) is 157 cm³/mol. The fourth-order valence-electron chi connectivity index (χ4n) is 5.56. The van der Waals surface area contributed by atoms with Crippen molar-refractivity contribution in [3.63, 3.8) is 0 Å². The maximum atomic E-state index is 12.9. The van der Waals surface area contributed by atoms with Gasteiger partial charge in [0.1, 0.15) is 11.5 Å². The number of piperidine rings is 1. The smallest absolute Gasteiger partial charge is 0.274 e. The largest absolute Gasteiger partial charge is 0.464 e. The number of rotatable bonds is 7. The van der Waals surface area contributed by atoms with Crippen molar-refractivity contribution in [3.8, 4) is 32.6 Å². The van der Waals surface area contributed by atoms with E-state index in [9.17, 15) is 4.79 Å². The zero-order chi connectivity index (χ0) is 26.2. The van der Waals surface area contributed by atoms with Crippen LogP contribution < -0.4 is 5.56 Å². The minimum absolute atomic E-state index is 0.199. The molecule has 8 heteroatoms. The number of likely N-dealkylation sites (tertiary alicyclic amines) is 1. The quantitative estimate of drug-likeness (QED) is 0.243.